The van der Waals surface area contributed by atoms with Gasteiger partial charge in [0, 0.05) is 6.42 Å². The van der Waals surface area contributed by atoms with E-state index in [1.807, 2.05) is 36.4 Å². The summed E-state index contributed by atoms with van der Waals surface area (Å²) >= 11 is 0. The van der Waals surface area contributed by atoms with Crippen LogP contribution in [0.1, 0.15) is 16.7 Å². The largest absolute Gasteiger partial charge is 0.493 e. The quantitative estimate of drug-likeness (QED) is 0.304. The molecule has 1 heterocycles. The Morgan fingerprint density at radius 1 is 0.811 bits per heavy atom. The van der Waals surface area contributed by atoms with Crippen LogP contribution in [-0.2, 0) is 29.6 Å². The standard InChI is InChI=1S/C29H25NO6S/c31-29(36-26-13-11-25(12-14-26)35-21-23-9-5-2-6-10-23)30(20-22-7-3-1-4-8-22)37(32,33)27-15-16-28-24(19-27)17-18-34-28/h1-16,19H,17-18,20-21H2. The third-order valence-electron chi connectivity index (χ3n) is 5.90. The average Bonchev–Trinajstić information content (AvgIpc) is 3.40. The summed E-state index contributed by atoms with van der Waals surface area (Å²) in [5.74, 6) is 1.45. The Hall–Kier alpha value is -4.30. The first-order chi connectivity index (χ1) is 18.0. The fraction of sp³-hybridized carbons (Fsp3) is 0.138. The molecule has 0 fully saturated rings. The van der Waals surface area contributed by atoms with Crippen molar-refractivity contribution in [2.75, 3.05) is 6.61 Å². The highest BCUT2D eigenvalue weighted by atomic mass is 32.2. The van der Waals surface area contributed by atoms with E-state index in [-0.39, 0.29) is 17.2 Å². The van der Waals surface area contributed by atoms with E-state index in [9.17, 15) is 13.2 Å². The molecule has 0 atom stereocenters. The molecule has 4 aromatic rings. The van der Waals surface area contributed by atoms with Crippen molar-refractivity contribution in [1.29, 1.82) is 0 Å². The number of hydrogen-bond acceptors (Lipinski definition) is 6. The molecule has 5 rings (SSSR count). The SMILES string of the molecule is O=C(Oc1ccc(OCc2ccccc2)cc1)N(Cc1ccccc1)S(=O)(=O)c1ccc2c(c1)CCO2. The molecule has 1 aliphatic heterocycles. The van der Waals surface area contributed by atoms with Gasteiger partial charge < -0.3 is 14.2 Å². The van der Waals surface area contributed by atoms with Gasteiger partial charge in [-0.05, 0) is 59.2 Å². The maximum atomic E-state index is 13.6. The van der Waals surface area contributed by atoms with E-state index < -0.39 is 16.1 Å². The number of ether oxygens (including phenoxy) is 3. The Labute approximate surface area is 215 Å². The van der Waals surface area contributed by atoms with Crippen LogP contribution in [0.3, 0.4) is 0 Å². The van der Waals surface area contributed by atoms with E-state index in [0.29, 0.717) is 36.7 Å². The molecule has 7 nitrogen and oxygen atoms in total. The molecular formula is C29H25NO6S. The first kappa shape index (κ1) is 24.4. The summed E-state index contributed by atoms with van der Waals surface area (Å²) in [4.78, 5) is 13.2. The van der Waals surface area contributed by atoms with Gasteiger partial charge in [0.05, 0.1) is 18.0 Å². The number of carbonyl (C=O) groups is 1. The van der Waals surface area contributed by atoms with Gasteiger partial charge in [0.1, 0.15) is 23.9 Å². The summed E-state index contributed by atoms with van der Waals surface area (Å²) in [6.45, 7) is 0.725. The summed E-state index contributed by atoms with van der Waals surface area (Å²) < 4.78 is 44.7. The number of sulfonamides is 1. The first-order valence-corrected chi connectivity index (χ1v) is 13.2. The lowest BCUT2D eigenvalue weighted by molar-refractivity contribution is 0.177. The second-order valence-electron chi connectivity index (χ2n) is 8.48. The zero-order valence-electron chi connectivity index (χ0n) is 19.9. The van der Waals surface area contributed by atoms with Crippen molar-refractivity contribution in [3.05, 3.63) is 120 Å². The van der Waals surface area contributed by atoms with Crippen molar-refractivity contribution in [3.8, 4) is 17.2 Å². The highest BCUT2D eigenvalue weighted by molar-refractivity contribution is 7.89. The van der Waals surface area contributed by atoms with Crippen LogP contribution in [0, 0.1) is 0 Å². The smallest absolute Gasteiger partial charge is 0.429 e. The third-order valence-corrected chi connectivity index (χ3v) is 7.61. The number of fused-ring (bicyclic) bond motifs is 1. The van der Waals surface area contributed by atoms with Crippen LogP contribution in [0.4, 0.5) is 4.79 Å². The van der Waals surface area contributed by atoms with Crippen molar-refractivity contribution >= 4 is 16.1 Å². The summed E-state index contributed by atoms with van der Waals surface area (Å²) in [5, 5.41) is 0. The van der Waals surface area contributed by atoms with Gasteiger partial charge in [-0.25, -0.2) is 13.2 Å². The normalized spacial score (nSPS) is 12.3. The molecule has 0 unspecified atom stereocenters. The number of hydrogen-bond donors (Lipinski definition) is 0. The zero-order valence-corrected chi connectivity index (χ0v) is 20.8. The summed E-state index contributed by atoms with van der Waals surface area (Å²) in [6, 6.07) is 29.7. The number of nitrogens with zero attached hydrogens (tertiary/aromatic N) is 1. The molecule has 8 heteroatoms. The number of benzene rings is 4. The van der Waals surface area contributed by atoms with Gasteiger partial charge in [-0.1, -0.05) is 60.7 Å². The molecule has 0 saturated heterocycles. The van der Waals surface area contributed by atoms with E-state index in [0.717, 1.165) is 15.4 Å². The second-order valence-corrected chi connectivity index (χ2v) is 10.3. The Morgan fingerprint density at radius 3 is 2.16 bits per heavy atom. The zero-order chi connectivity index (χ0) is 25.7. The minimum atomic E-state index is -4.21. The summed E-state index contributed by atoms with van der Waals surface area (Å²) in [6.07, 6.45) is -0.390. The Morgan fingerprint density at radius 2 is 1.46 bits per heavy atom. The van der Waals surface area contributed by atoms with Crippen molar-refractivity contribution in [2.45, 2.75) is 24.5 Å². The molecule has 0 saturated carbocycles. The van der Waals surface area contributed by atoms with E-state index in [2.05, 4.69) is 0 Å². The lowest BCUT2D eigenvalue weighted by atomic mass is 10.2. The van der Waals surface area contributed by atoms with Crippen LogP contribution in [0.25, 0.3) is 0 Å². The molecule has 0 bridgehead atoms. The Bertz CT molecular complexity index is 1470. The molecule has 37 heavy (non-hydrogen) atoms. The third kappa shape index (κ3) is 5.76. The van der Waals surface area contributed by atoms with Gasteiger partial charge in [0.15, 0.2) is 0 Å². The van der Waals surface area contributed by atoms with Crippen LogP contribution in [-0.4, -0.2) is 25.4 Å². The average molecular weight is 516 g/mol. The molecule has 1 amide bonds. The van der Waals surface area contributed by atoms with E-state index >= 15 is 0 Å². The predicted octanol–water partition coefficient (Wildman–Crippen LogP) is 5.59. The van der Waals surface area contributed by atoms with Crippen LogP contribution < -0.4 is 14.2 Å². The number of rotatable bonds is 8. The number of carbonyl (C=O) groups excluding carboxylic acids is 1. The summed E-state index contributed by atoms with van der Waals surface area (Å²) in [7, 11) is -4.21. The minimum Gasteiger partial charge on any atom is -0.493 e. The molecule has 1 aliphatic rings. The van der Waals surface area contributed by atoms with Crippen molar-refractivity contribution in [1.82, 2.24) is 4.31 Å². The lowest BCUT2D eigenvalue weighted by Crippen LogP contribution is -2.38. The summed E-state index contributed by atoms with van der Waals surface area (Å²) in [5.41, 5.74) is 2.47. The van der Waals surface area contributed by atoms with E-state index in [4.69, 9.17) is 14.2 Å². The number of amides is 1. The topological polar surface area (TPSA) is 82.1 Å². The van der Waals surface area contributed by atoms with Crippen LogP contribution in [0.15, 0.2) is 108 Å². The highest BCUT2D eigenvalue weighted by Crippen LogP contribution is 2.30. The predicted molar refractivity (Wildman–Crippen MR) is 138 cm³/mol. The van der Waals surface area contributed by atoms with Crippen molar-refractivity contribution in [2.24, 2.45) is 0 Å². The first-order valence-electron chi connectivity index (χ1n) is 11.8. The van der Waals surface area contributed by atoms with E-state index in [1.54, 1.807) is 60.7 Å². The lowest BCUT2D eigenvalue weighted by Gasteiger charge is -2.22. The maximum absolute atomic E-state index is 13.6. The van der Waals surface area contributed by atoms with Gasteiger partial charge in [-0.3, -0.25) is 0 Å². The van der Waals surface area contributed by atoms with Gasteiger partial charge in [-0.15, -0.1) is 0 Å². The fourth-order valence-electron chi connectivity index (χ4n) is 3.94. The molecule has 0 aliphatic carbocycles. The molecule has 4 aromatic carbocycles. The molecule has 0 spiro atoms. The maximum Gasteiger partial charge on any atom is 0.429 e. The van der Waals surface area contributed by atoms with Crippen LogP contribution in [0.2, 0.25) is 0 Å². The molecule has 0 aromatic heterocycles. The van der Waals surface area contributed by atoms with E-state index in [1.165, 1.54) is 6.07 Å². The monoisotopic (exact) mass is 515 g/mol. The van der Waals surface area contributed by atoms with Crippen LogP contribution in [0.5, 0.6) is 17.2 Å². The van der Waals surface area contributed by atoms with Gasteiger partial charge in [-0.2, -0.15) is 4.31 Å². The van der Waals surface area contributed by atoms with Gasteiger partial charge in [0.2, 0.25) is 0 Å². The second kappa shape index (κ2) is 10.8. The van der Waals surface area contributed by atoms with Crippen molar-refractivity contribution in [3.63, 3.8) is 0 Å². The Balaban J connectivity index is 1.34. The molecule has 188 valence electrons. The Kier molecular flexibility index (Phi) is 7.09. The van der Waals surface area contributed by atoms with Gasteiger partial charge >= 0.3 is 6.09 Å². The minimum absolute atomic E-state index is 0.00860. The fourth-order valence-corrected chi connectivity index (χ4v) is 5.28. The molecular weight excluding hydrogens is 490 g/mol. The molecule has 0 radical (unpaired) electrons. The van der Waals surface area contributed by atoms with Gasteiger partial charge in [0.25, 0.3) is 10.0 Å². The molecule has 0 N–H and O–H groups in total. The van der Waals surface area contributed by atoms with Crippen molar-refractivity contribution < 1.29 is 27.4 Å². The van der Waals surface area contributed by atoms with Crippen LogP contribution >= 0.6 is 0 Å². The highest BCUT2D eigenvalue weighted by Gasteiger charge is 2.32.